The van der Waals surface area contributed by atoms with Gasteiger partial charge in [0.2, 0.25) is 0 Å². The summed E-state index contributed by atoms with van der Waals surface area (Å²) in [6.07, 6.45) is 2.73. The van der Waals surface area contributed by atoms with Crippen LogP contribution in [0.1, 0.15) is 42.5 Å². The lowest BCUT2D eigenvalue weighted by Gasteiger charge is -2.32. The fraction of sp³-hybridized carbons (Fsp3) is 0.714. The molecule has 1 aliphatic heterocycles. The first kappa shape index (κ1) is 14.5. The second-order valence-electron chi connectivity index (χ2n) is 5.31. The monoisotopic (exact) mass is 331 g/mol. The van der Waals surface area contributed by atoms with E-state index in [2.05, 4.69) is 48.1 Å². The second-order valence-corrected chi connectivity index (χ2v) is 7.45. The minimum atomic E-state index is 0.278. The molecule has 18 heavy (non-hydrogen) atoms. The van der Waals surface area contributed by atoms with Crippen molar-refractivity contribution in [3.63, 3.8) is 0 Å². The molecule has 0 amide bonds. The highest BCUT2D eigenvalue weighted by atomic mass is 79.9. The zero-order valence-corrected chi connectivity index (χ0v) is 13.7. The van der Waals surface area contributed by atoms with Crippen LogP contribution in [0.25, 0.3) is 0 Å². The largest absolute Gasteiger partial charge is 0.372 e. The molecule has 0 aromatic carbocycles. The van der Waals surface area contributed by atoms with Gasteiger partial charge in [0.25, 0.3) is 0 Å². The predicted octanol–water partition coefficient (Wildman–Crippen LogP) is 4.28. The zero-order valence-electron chi connectivity index (χ0n) is 11.3. The minimum absolute atomic E-state index is 0.278. The lowest BCUT2D eigenvalue weighted by molar-refractivity contribution is -0.0261. The molecule has 2 nitrogen and oxygen atoms in total. The Morgan fingerprint density at radius 1 is 1.56 bits per heavy atom. The van der Waals surface area contributed by atoms with Gasteiger partial charge < -0.3 is 10.1 Å². The third-order valence-electron chi connectivity index (χ3n) is 3.39. The van der Waals surface area contributed by atoms with Gasteiger partial charge in [-0.1, -0.05) is 13.8 Å². The molecule has 1 fully saturated rings. The zero-order chi connectivity index (χ0) is 13.1. The van der Waals surface area contributed by atoms with Crippen LogP contribution in [-0.2, 0) is 4.74 Å². The van der Waals surface area contributed by atoms with Gasteiger partial charge in [-0.2, -0.15) is 0 Å². The van der Waals surface area contributed by atoms with Crippen molar-refractivity contribution in [2.24, 2.45) is 5.92 Å². The minimum Gasteiger partial charge on any atom is -0.372 e. The first-order valence-corrected chi connectivity index (χ1v) is 8.29. The molecule has 102 valence electrons. The van der Waals surface area contributed by atoms with Crippen LogP contribution in [0.2, 0.25) is 0 Å². The van der Waals surface area contributed by atoms with Gasteiger partial charge in [-0.05, 0) is 41.8 Å². The summed E-state index contributed by atoms with van der Waals surface area (Å²) in [5, 5.41) is 3.55. The molecule has 0 aliphatic carbocycles. The fourth-order valence-corrected chi connectivity index (χ4v) is 4.08. The number of rotatable bonds is 4. The van der Waals surface area contributed by atoms with Gasteiger partial charge in [-0.15, -0.1) is 11.3 Å². The number of ether oxygens (including phenoxy) is 1. The van der Waals surface area contributed by atoms with E-state index in [-0.39, 0.29) is 6.10 Å². The van der Waals surface area contributed by atoms with Crippen LogP contribution < -0.4 is 5.32 Å². The van der Waals surface area contributed by atoms with E-state index in [1.165, 1.54) is 27.1 Å². The van der Waals surface area contributed by atoms with Gasteiger partial charge in [0.15, 0.2) is 0 Å². The third kappa shape index (κ3) is 3.56. The van der Waals surface area contributed by atoms with Crippen molar-refractivity contribution in [3.8, 4) is 0 Å². The summed E-state index contributed by atoms with van der Waals surface area (Å²) in [5.74, 6) is 0.603. The molecule has 1 aromatic rings. The van der Waals surface area contributed by atoms with Gasteiger partial charge in [0, 0.05) is 39.3 Å². The summed E-state index contributed by atoms with van der Waals surface area (Å²) >= 11 is 5.46. The van der Waals surface area contributed by atoms with Gasteiger partial charge in [0.1, 0.15) is 0 Å². The van der Waals surface area contributed by atoms with Crippen molar-refractivity contribution in [1.82, 2.24) is 5.32 Å². The van der Waals surface area contributed by atoms with Gasteiger partial charge in [-0.3, -0.25) is 0 Å². The molecule has 0 radical (unpaired) electrons. The van der Waals surface area contributed by atoms with Crippen molar-refractivity contribution in [1.29, 1.82) is 0 Å². The molecule has 2 unspecified atom stereocenters. The molecule has 2 heterocycles. The van der Waals surface area contributed by atoms with Crippen molar-refractivity contribution in [2.75, 3.05) is 13.2 Å². The molecular formula is C14H22BrNOS. The van der Waals surface area contributed by atoms with Crippen LogP contribution in [0.3, 0.4) is 0 Å². The first-order chi connectivity index (χ1) is 8.58. The maximum absolute atomic E-state index is 6.03. The molecule has 2 rings (SSSR count). The van der Waals surface area contributed by atoms with E-state index < -0.39 is 0 Å². The van der Waals surface area contributed by atoms with E-state index in [4.69, 9.17) is 4.74 Å². The average molecular weight is 332 g/mol. The number of halogens is 1. The van der Waals surface area contributed by atoms with Gasteiger partial charge in [-0.25, -0.2) is 0 Å². The Balaban J connectivity index is 2.07. The smallest absolute Gasteiger partial charge is 0.0957 e. The van der Waals surface area contributed by atoms with Crippen molar-refractivity contribution >= 4 is 27.3 Å². The predicted molar refractivity (Wildman–Crippen MR) is 81.3 cm³/mol. The molecule has 0 bridgehead atoms. The van der Waals surface area contributed by atoms with Gasteiger partial charge >= 0.3 is 0 Å². The summed E-state index contributed by atoms with van der Waals surface area (Å²) in [5.41, 5.74) is 0. The van der Waals surface area contributed by atoms with Crippen LogP contribution in [0.15, 0.2) is 10.5 Å². The number of thiophene rings is 1. The molecule has 1 N–H and O–H groups in total. The quantitative estimate of drug-likeness (QED) is 0.888. The van der Waals surface area contributed by atoms with E-state index in [0.717, 1.165) is 13.2 Å². The summed E-state index contributed by atoms with van der Waals surface area (Å²) in [6.45, 7) is 8.51. The van der Waals surface area contributed by atoms with Crippen molar-refractivity contribution in [2.45, 2.75) is 45.8 Å². The topological polar surface area (TPSA) is 21.3 Å². The van der Waals surface area contributed by atoms with Gasteiger partial charge in [0.05, 0.1) is 6.10 Å². The van der Waals surface area contributed by atoms with Crippen molar-refractivity contribution in [3.05, 3.63) is 20.3 Å². The van der Waals surface area contributed by atoms with E-state index >= 15 is 0 Å². The number of hydrogen-bond acceptors (Lipinski definition) is 3. The molecule has 1 aliphatic rings. The Labute approximate surface area is 122 Å². The molecule has 0 saturated carbocycles. The van der Waals surface area contributed by atoms with Crippen LogP contribution in [0, 0.1) is 12.8 Å². The molecular weight excluding hydrogens is 310 g/mol. The molecule has 4 heteroatoms. The summed E-state index contributed by atoms with van der Waals surface area (Å²) in [7, 11) is 0. The maximum atomic E-state index is 6.03. The summed E-state index contributed by atoms with van der Waals surface area (Å²) in [6, 6.07) is 2.78. The highest BCUT2D eigenvalue weighted by molar-refractivity contribution is 9.10. The van der Waals surface area contributed by atoms with E-state index in [9.17, 15) is 0 Å². The number of aryl methyl sites for hydroxylation is 1. The molecule has 1 saturated heterocycles. The van der Waals surface area contributed by atoms with Crippen LogP contribution in [0.5, 0.6) is 0 Å². The third-order valence-corrected chi connectivity index (χ3v) is 5.59. The Bertz CT molecular complexity index is 372. The van der Waals surface area contributed by atoms with Crippen LogP contribution in [-0.4, -0.2) is 19.2 Å². The van der Waals surface area contributed by atoms with Crippen LogP contribution >= 0.6 is 27.3 Å². The lowest BCUT2D eigenvalue weighted by Crippen LogP contribution is -2.34. The van der Waals surface area contributed by atoms with E-state index in [0.29, 0.717) is 12.0 Å². The summed E-state index contributed by atoms with van der Waals surface area (Å²) < 4.78 is 7.24. The summed E-state index contributed by atoms with van der Waals surface area (Å²) in [4.78, 5) is 2.71. The Hall–Kier alpha value is 0.100. The van der Waals surface area contributed by atoms with E-state index in [1.54, 1.807) is 0 Å². The standard InChI is InChI=1S/C14H22BrNOS/c1-9(2)16-8-11-5-4-6-17-14(11)13-7-12(15)10(3)18-13/h7,9,11,14,16H,4-6,8H2,1-3H3. The van der Waals surface area contributed by atoms with Crippen molar-refractivity contribution < 1.29 is 4.74 Å². The number of hydrogen-bond donors (Lipinski definition) is 1. The Kier molecular flexibility index (Phi) is 5.24. The highest BCUT2D eigenvalue weighted by Gasteiger charge is 2.29. The molecule has 2 atom stereocenters. The lowest BCUT2D eigenvalue weighted by atomic mass is 9.93. The molecule has 0 spiro atoms. The normalized spacial score (nSPS) is 24.7. The number of nitrogens with one attached hydrogen (secondary N) is 1. The second kappa shape index (κ2) is 6.51. The molecule has 1 aromatic heterocycles. The Morgan fingerprint density at radius 2 is 2.33 bits per heavy atom. The Morgan fingerprint density at radius 3 is 2.94 bits per heavy atom. The fourth-order valence-electron chi connectivity index (χ4n) is 2.38. The first-order valence-electron chi connectivity index (χ1n) is 6.68. The average Bonchev–Trinajstić information content (AvgIpc) is 2.67. The SMILES string of the molecule is Cc1sc(C2OCCCC2CNC(C)C)cc1Br. The maximum Gasteiger partial charge on any atom is 0.0957 e. The van der Waals surface area contributed by atoms with E-state index in [1.807, 2.05) is 11.3 Å². The highest BCUT2D eigenvalue weighted by Crippen LogP contribution is 2.39. The van der Waals surface area contributed by atoms with Crippen LogP contribution in [0.4, 0.5) is 0 Å².